The Morgan fingerprint density at radius 3 is 2.53 bits per heavy atom. The summed E-state index contributed by atoms with van der Waals surface area (Å²) >= 11 is 1.58. The molecule has 1 amide bonds. The van der Waals surface area contributed by atoms with Gasteiger partial charge >= 0.3 is 0 Å². The predicted molar refractivity (Wildman–Crippen MR) is 136 cm³/mol. The van der Waals surface area contributed by atoms with Gasteiger partial charge in [-0.3, -0.25) is 4.79 Å². The van der Waals surface area contributed by atoms with Gasteiger partial charge in [-0.2, -0.15) is 5.10 Å². The Morgan fingerprint density at radius 1 is 1.03 bits per heavy atom. The van der Waals surface area contributed by atoms with E-state index >= 15 is 0 Å². The Kier molecular flexibility index (Phi) is 8.11. The molecule has 4 rings (SSSR count). The number of benzene rings is 2. The summed E-state index contributed by atoms with van der Waals surface area (Å²) in [6.45, 7) is 4.22. The van der Waals surface area contributed by atoms with E-state index in [1.54, 1.807) is 29.8 Å². The summed E-state index contributed by atoms with van der Waals surface area (Å²) in [5.41, 5.74) is 3.57. The number of carbonyl (C=O) groups is 1. The summed E-state index contributed by atoms with van der Waals surface area (Å²) in [4.78, 5) is 21.9. The number of aromatic nitrogens is 4. The maximum Gasteiger partial charge on any atom is 0.251 e. The first kappa shape index (κ1) is 23.7. The zero-order valence-corrected chi connectivity index (χ0v) is 20.1. The summed E-state index contributed by atoms with van der Waals surface area (Å²) in [7, 11) is 1.67. The second-order valence-corrected chi connectivity index (χ2v) is 8.74. The van der Waals surface area contributed by atoms with Crippen LogP contribution >= 0.6 is 11.8 Å². The number of fused-ring (bicyclic) bond motifs is 1. The molecule has 0 fully saturated rings. The fourth-order valence-corrected chi connectivity index (χ4v) is 4.09. The SMILES string of the molecule is CCSc1nc(NCCOC)c2cnn(CCNC(=O)c3ccc(-c4ccccc4)cc3)c2n1. The number of ether oxygens (including phenoxy) is 1. The van der Waals surface area contributed by atoms with E-state index in [-0.39, 0.29) is 5.91 Å². The lowest BCUT2D eigenvalue weighted by molar-refractivity contribution is 0.0952. The Morgan fingerprint density at radius 2 is 1.79 bits per heavy atom. The summed E-state index contributed by atoms with van der Waals surface area (Å²) in [6.07, 6.45) is 1.76. The smallest absolute Gasteiger partial charge is 0.251 e. The number of rotatable bonds is 11. The van der Waals surface area contributed by atoms with E-state index in [1.807, 2.05) is 42.5 Å². The molecule has 2 N–H and O–H groups in total. The van der Waals surface area contributed by atoms with Crippen molar-refractivity contribution in [1.29, 1.82) is 0 Å². The molecule has 2 heterocycles. The van der Waals surface area contributed by atoms with Gasteiger partial charge in [-0.05, 0) is 29.0 Å². The zero-order chi connectivity index (χ0) is 23.8. The van der Waals surface area contributed by atoms with Crippen LogP contribution in [0.3, 0.4) is 0 Å². The largest absolute Gasteiger partial charge is 0.383 e. The molecule has 2 aromatic carbocycles. The highest BCUT2D eigenvalue weighted by Gasteiger charge is 2.13. The van der Waals surface area contributed by atoms with E-state index in [2.05, 4.69) is 44.8 Å². The lowest BCUT2D eigenvalue weighted by atomic mass is 10.0. The number of hydrogen-bond acceptors (Lipinski definition) is 7. The van der Waals surface area contributed by atoms with Crippen LogP contribution in [0.2, 0.25) is 0 Å². The Balaban J connectivity index is 1.41. The van der Waals surface area contributed by atoms with Crippen LogP contribution in [0.5, 0.6) is 0 Å². The summed E-state index contributed by atoms with van der Waals surface area (Å²) < 4.78 is 6.93. The molecule has 0 spiro atoms. The molecule has 8 nitrogen and oxygen atoms in total. The Hall–Kier alpha value is -3.43. The molecule has 34 heavy (non-hydrogen) atoms. The molecule has 0 aliphatic rings. The molecule has 2 aromatic heterocycles. The van der Waals surface area contributed by atoms with Crippen LogP contribution < -0.4 is 10.6 Å². The van der Waals surface area contributed by atoms with Crippen molar-refractivity contribution in [3.05, 3.63) is 66.4 Å². The number of hydrogen-bond donors (Lipinski definition) is 2. The van der Waals surface area contributed by atoms with Gasteiger partial charge in [0.05, 0.1) is 24.7 Å². The third kappa shape index (κ3) is 5.73. The van der Waals surface area contributed by atoms with Crippen LogP contribution in [-0.4, -0.2) is 58.2 Å². The fourth-order valence-electron chi connectivity index (χ4n) is 3.52. The normalized spacial score (nSPS) is 11.0. The lowest BCUT2D eigenvalue weighted by Gasteiger charge is -2.10. The highest BCUT2D eigenvalue weighted by atomic mass is 32.2. The van der Waals surface area contributed by atoms with Crippen LogP contribution in [0.1, 0.15) is 17.3 Å². The van der Waals surface area contributed by atoms with Gasteiger partial charge in [0, 0.05) is 25.8 Å². The zero-order valence-electron chi connectivity index (χ0n) is 19.3. The van der Waals surface area contributed by atoms with E-state index in [0.29, 0.717) is 37.0 Å². The molecular formula is C25H28N6O2S. The number of nitrogens with zero attached hydrogens (tertiary/aromatic N) is 4. The molecule has 176 valence electrons. The minimum absolute atomic E-state index is 0.116. The van der Waals surface area contributed by atoms with Gasteiger partial charge in [0.1, 0.15) is 5.82 Å². The van der Waals surface area contributed by atoms with Crippen molar-refractivity contribution in [1.82, 2.24) is 25.1 Å². The second-order valence-electron chi connectivity index (χ2n) is 7.51. The van der Waals surface area contributed by atoms with Gasteiger partial charge in [0.2, 0.25) is 0 Å². The molecule has 9 heteroatoms. The first-order valence-corrected chi connectivity index (χ1v) is 12.2. The average Bonchev–Trinajstić information content (AvgIpc) is 3.28. The van der Waals surface area contributed by atoms with Gasteiger partial charge in [-0.15, -0.1) is 0 Å². The molecule has 0 atom stereocenters. The van der Waals surface area contributed by atoms with Crippen molar-refractivity contribution in [3.63, 3.8) is 0 Å². The molecule has 0 radical (unpaired) electrons. The van der Waals surface area contributed by atoms with Crippen LogP contribution in [0.4, 0.5) is 5.82 Å². The lowest BCUT2D eigenvalue weighted by Crippen LogP contribution is -2.27. The summed E-state index contributed by atoms with van der Waals surface area (Å²) in [5, 5.41) is 12.3. The van der Waals surface area contributed by atoms with Crippen molar-refractivity contribution in [2.45, 2.75) is 18.6 Å². The van der Waals surface area contributed by atoms with Crippen molar-refractivity contribution in [3.8, 4) is 11.1 Å². The van der Waals surface area contributed by atoms with Crippen LogP contribution in [0, 0.1) is 0 Å². The number of carbonyl (C=O) groups excluding carboxylic acids is 1. The Bertz CT molecular complexity index is 1230. The number of nitrogens with one attached hydrogen (secondary N) is 2. The van der Waals surface area contributed by atoms with Crippen molar-refractivity contribution < 1.29 is 9.53 Å². The van der Waals surface area contributed by atoms with Crippen LogP contribution in [-0.2, 0) is 11.3 Å². The van der Waals surface area contributed by atoms with Crippen LogP contribution in [0.15, 0.2) is 66.0 Å². The topological polar surface area (TPSA) is 94.0 Å². The molecule has 0 aliphatic heterocycles. The standard InChI is InChI=1S/C25H28N6O2S/c1-3-34-25-29-22(26-14-16-33-2)21-17-28-31(23(21)30-25)15-13-27-24(32)20-11-9-19(10-12-20)18-7-5-4-6-8-18/h4-12,17H,3,13-16H2,1-2H3,(H,27,32)(H,26,29,30). The average molecular weight is 477 g/mol. The second kappa shape index (κ2) is 11.6. The highest BCUT2D eigenvalue weighted by Crippen LogP contribution is 2.24. The summed E-state index contributed by atoms with van der Waals surface area (Å²) in [6, 6.07) is 17.7. The van der Waals surface area contributed by atoms with E-state index in [1.165, 1.54) is 0 Å². The van der Waals surface area contributed by atoms with E-state index in [0.717, 1.165) is 33.7 Å². The molecular weight excluding hydrogens is 448 g/mol. The minimum atomic E-state index is -0.116. The van der Waals surface area contributed by atoms with Gasteiger partial charge in [-0.1, -0.05) is 61.2 Å². The molecule has 0 saturated heterocycles. The first-order valence-electron chi connectivity index (χ1n) is 11.2. The van der Waals surface area contributed by atoms with Gasteiger partial charge in [0.15, 0.2) is 10.8 Å². The monoisotopic (exact) mass is 476 g/mol. The Labute approximate surface area is 203 Å². The van der Waals surface area contributed by atoms with Crippen molar-refractivity contribution in [2.24, 2.45) is 0 Å². The summed E-state index contributed by atoms with van der Waals surface area (Å²) in [5.74, 6) is 1.50. The maximum absolute atomic E-state index is 12.6. The quantitative estimate of drug-likeness (QED) is 0.191. The molecule has 0 saturated carbocycles. The van der Waals surface area contributed by atoms with Gasteiger partial charge < -0.3 is 15.4 Å². The molecule has 0 bridgehead atoms. The van der Waals surface area contributed by atoms with Crippen molar-refractivity contribution in [2.75, 3.05) is 37.9 Å². The van der Waals surface area contributed by atoms with Crippen LogP contribution in [0.25, 0.3) is 22.2 Å². The highest BCUT2D eigenvalue weighted by molar-refractivity contribution is 7.99. The molecule has 0 unspecified atom stereocenters. The van der Waals surface area contributed by atoms with Gasteiger partial charge in [0.25, 0.3) is 5.91 Å². The van der Waals surface area contributed by atoms with E-state index in [4.69, 9.17) is 4.74 Å². The van der Waals surface area contributed by atoms with E-state index in [9.17, 15) is 4.79 Å². The third-order valence-electron chi connectivity index (χ3n) is 5.21. The number of methoxy groups -OCH3 is 1. The maximum atomic E-state index is 12.6. The molecule has 0 aliphatic carbocycles. The number of anilines is 1. The van der Waals surface area contributed by atoms with Gasteiger partial charge in [-0.25, -0.2) is 14.6 Å². The van der Waals surface area contributed by atoms with E-state index < -0.39 is 0 Å². The number of amides is 1. The number of thioether (sulfide) groups is 1. The third-order valence-corrected chi connectivity index (χ3v) is 5.94. The first-order chi connectivity index (χ1) is 16.7. The van der Waals surface area contributed by atoms with Crippen molar-refractivity contribution >= 4 is 34.5 Å². The predicted octanol–water partition coefficient (Wildman–Crippen LogP) is 4.09. The fraction of sp³-hybridized carbons (Fsp3) is 0.280. The minimum Gasteiger partial charge on any atom is -0.383 e. The molecule has 4 aromatic rings.